The monoisotopic (exact) mass is 493 g/mol. The number of nitrogens with zero attached hydrogens (tertiary/aromatic N) is 4. The zero-order chi connectivity index (χ0) is 25.6. The van der Waals surface area contributed by atoms with Crippen molar-refractivity contribution < 1.29 is 14.3 Å². The van der Waals surface area contributed by atoms with Gasteiger partial charge in [-0.1, -0.05) is 42.5 Å². The molecule has 0 fully saturated rings. The van der Waals surface area contributed by atoms with Crippen molar-refractivity contribution in [3.8, 4) is 11.5 Å². The minimum atomic E-state index is -0.288. The average molecular weight is 494 g/mol. The number of aromatic nitrogens is 4. The molecule has 0 bridgehead atoms. The fourth-order valence-corrected chi connectivity index (χ4v) is 3.94. The van der Waals surface area contributed by atoms with E-state index in [9.17, 15) is 4.79 Å². The van der Waals surface area contributed by atoms with Gasteiger partial charge in [0, 0.05) is 11.6 Å². The van der Waals surface area contributed by atoms with Crippen LogP contribution in [0.25, 0.3) is 10.9 Å². The Kier molecular flexibility index (Phi) is 7.07. The van der Waals surface area contributed by atoms with E-state index in [2.05, 4.69) is 20.4 Å². The molecule has 0 aliphatic carbocycles. The number of benzene rings is 3. The standard InChI is InChI=1S/C29H27N5O3/c1-20-15-31-23(16-30-20)17-32-29(35)28-26-14-25(36-2)12-13-27(26)34(33-28)18-21-8-10-24(11-9-21)37-19-22-6-4-3-5-7-22/h3-16H,17-19H2,1-2H3,(H,32,35). The van der Waals surface area contributed by atoms with Crippen molar-refractivity contribution >= 4 is 16.8 Å². The maximum atomic E-state index is 13.1. The summed E-state index contributed by atoms with van der Waals surface area (Å²) in [7, 11) is 1.60. The van der Waals surface area contributed by atoms with Crippen molar-refractivity contribution in [1.29, 1.82) is 0 Å². The summed E-state index contributed by atoms with van der Waals surface area (Å²) in [5.74, 6) is 1.16. The Morgan fingerprint density at radius 2 is 1.70 bits per heavy atom. The molecule has 2 aromatic heterocycles. The third kappa shape index (κ3) is 5.75. The molecule has 5 rings (SSSR count). The van der Waals surface area contributed by atoms with Gasteiger partial charge in [-0.2, -0.15) is 5.10 Å². The van der Waals surface area contributed by atoms with Crippen LogP contribution >= 0.6 is 0 Å². The summed E-state index contributed by atoms with van der Waals surface area (Å²) < 4.78 is 13.1. The van der Waals surface area contributed by atoms with Crippen molar-refractivity contribution in [2.45, 2.75) is 26.6 Å². The Morgan fingerprint density at radius 3 is 2.43 bits per heavy atom. The molecule has 0 unspecified atom stereocenters. The number of carbonyl (C=O) groups excluding carboxylic acids is 1. The topological polar surface area (TPSA) is 91.2 Å². The predicted octanol–water partition coefficient (Wildman–Crippen LogP) is 4.70. The number of rotatable bonds is 9. The molecule has 5 aromatic rings. The van der Waals surface area contributed by atoms with Crippen LogP contribution in [0.2, 0.25) is 0 Å². The van der Waals surface area contributed by atoms with Crippen molar-refractivity contribution in [2.75, 3.05) is 7.11 Å². The van der Waals surface area contributed by atoms with E-state index in [4.69, 9.17) is 9.47 Å². The van der Waals surface area contributed by atoms with Crippen LogP contribution in [-0.2, 0) is 19.7 Å². The molecule has 8 nitrogen and oxygen atoms in total. The number of hydrogen-bond acceptors (Lipinski definition) is 6. The number of fused-ring (bicyclic) bond motifs is 1. The second-order valence-electron chi connectivity index (χ2n) is 8.64. The van der Waals surface area contributed by atoms with Gasteiger partial charge in [-0.25, -0.2) is 0 Å². The molecule has 0 aliphatic heterocycles. The smallest absolute Gasteiger partial charge is 0.272 e. The van der Waals surface area contributed by atoms with Gasteiger partial charge in [0.05, 0.1) is 43.3 Å². The van der Waals surface area contributed by atoms with Crippen LogP contribution in [-0.4, -0.2) is 32.8 Å². The lowest BCUT2D eigenvalue weighted by molar-refractivity contribution is 0.0946. The van der Waals surface area contributed by atoms with Crippen LogP contribution < -0.4 is 14.8 Å². The van der Waals surface area contributed by atoms with E-state index in [1.807, 2.05) is 84.4 Å². The number of nitrogens with one attached hydrogen (secondary N) is 1. The summed E-state index contributed by atoms with van der Waals surface area (Å²) in [6.07, 6.45) is 3.33. The second kappa shape index (κ2) is 10.9. The van der Waals surface area contributed by atoms with Crippen LogP contribution in [0, 0.1) is 6.92 Å². The highest BCUT2D eigenvalue weighted by molar-refractivity contribution is 6.05. The zero-order valence-corrected chi connectivity index (χ0v) is 20.7. The second-order valence-corrected chi connectivity index (χ2v) is 8.64. The van der Waals surface area contributed by atoms with Crippen LogP contribution in [0.15, 0.2) is 85.2 Å². The fraction of sp³-hybridized carbons (Fsp3) is 0.172. The highest BCUT2D eigenvalue weighted by atomic mass is 16.5. The first-order valence-electron chi connectivity index (χ1n) is 11.9. The van der Waals surface area contributed by atoms with Gasteiger partial charge < -0.3 is 14.8 Å². The van der Waals surface area contributed by atoms with Gasteiger partial charge in [0.1, 0.15) is 18.1 Å². The summed E-state index contributed by atoms with van der Waals surface area (Å²) in [6, 6.07) is 23.6. The molecule has 1 N–H and O–H groups in total. The summed E-state index contributed by atoms with van der Waals surface area (Å²) in [5, 5.41) is 8.29. The van der Waals surface area contributed by atoms with Crippen LogP contribution in [0.5, 0.6) is 11.5 Å². The molecule has 0 saturated carbocycles. The lowest BCUT2D eigenvalue weighted by atomic mass is 10.1. The lowest BCUT2D eigenvalue weighted by Gasteiger charge is -2.08. The van der Waals surface area contributed by atoms with Gasteiger partial charge in [0.2, 0.25) is 0 Å². The number of amides is 1. The van der Waals surface area contributed by atoms with E-state index in [0.717, 1.165) is 33.5 Å². The molecule has 0 spiro atoms. The molecule has 2 heterocycles. The zero-order valence-electron chi connectivity index (χ0n) is 20.7. The molecule has 0 saturated heterocycles. The molecular weight excluding hydrogens is 466 g/mol. The summed E-state index contributed by atoms with van der Waals surface area (Å²) in [5.41, 5.74) is 4.82. The highest BCUT2D eigenvalue weighted by Gasteiger charge is 2.18. The molecule has 8 heteroatoms. The Morgan fingerprint density at radius 1 is 0.919 bits per heavy atom. The number of methoxy groups -OCH3 is 1. The SMILES string of the molecule is COc1ccc2c(c1)c(C(=O)NCc1cnc(C)cn1)nn2Cc1ccc(OCc2ccccc2)cc1. The van der Waals surface area contributed by atoms with Crippen molar-refractivity contribution in [1.82, 2.24) is 25.1 Å². The van der Waals surface area contributed by atoms with Crippen LogP contribution in [0.1, 0.15) is 33.0 Å². The third-order valence-electron chi connectivity index (χ3n) is 5.94. The van der Waals surface area contributed by atoms with E-state index in [1.54, 1.807) is 19.5 Å². The van der Waals surface area contributed by atoms with E-state index >= 15 is 0 Å². The summed E-state index contributed by atoms with van der Waals surface area (Å²) in [6.45, 7) is 3.14. The lowest BCUT2D eigenvalue weighted by Crippen LogP contribution is -2.24. The minimum absolute atomic E-state index is 0.259. The Labute approximate surface area is 214 Å². The van der Waals surface area contributed by atoms with Crippen LogP contribution in [0.4, 0.5) is 0 Å². The molecule has 0 atom stereocenters. The van der Waals surface area contributed by atoms with Gasteiger partial charge in [-0.15, -0.1) is 0 Å². The summed E-state index contributed by atoms with van der Waals surface area (Å²) >= 11 is 0. The first kappa shape index (κ1) is 24.0. The minimum Gasteiger partial charge on any atom is -0.497 e. The fourth-order valence-electron chi connectivity index (χ4n) is 3.94. The van der Waals surface area contributed by atoms with E-state index in [-0.39, 0.29) is 12.5 Å². The van der Waals surface area contributed by atoms with E-state index < -0.39 is 0 Å². The molecule has 0 aliphatic rings. The third-order valence-corrected chi connectivity index (χ3v) is 5.94. The van der Waals surface area contributed by atoms with Gasteiger partial charge in [-0.05, 0) is 48.4 Å². The quantitative estimate of drug-likeness (QED) is 0.320. The van der Waals surface area contributed by atoms with E-state index in [0.29, 0.717) is 30.3 Å². The van der Waals surface area contributed by atoms with Crippen molar-refractivity contribution in [3.05, 3.63) is 113 Å². The number of hydrogen-bond donors (Lipinski definition) is 1. The van der Waals surface area contributed by atoms with Crippen molar-refractivity contribution in [2.24, 2.45) is 0 Å². The number of carbonyl (C=O) groups is 1. The average Bonchev–Trinajstić information content (AvgIpc) is 3.30. The highest BCUT2D eigenvalue weighted by Crippen LogP contribution is 2.25. The van der Waals surface area contributed by atoms with Gasteiger partial charge >= 0.3 is 0 Å². The number of aryl methyl sites for hydroxylation is 1. The largest absolute Gasteiger partial charge is 0.497 e. The molecule has 186 valence electrons. The molecule has 0 radical (unpaired) electrons. The predicted molar refractivity (Wildman–Crippen MR) is 141 cm³/mol. The van der Waals surface area contributed by atoms with Crippen molar-refractivity contribution in [3.63, 3.8) is 0 Å². The first-order chi connectivity index (χ1) is 18.1. The Bertz CT molecular complexity index is 1500. The summed E-state index contributed by atoms with van der Waals surface area (Å²) in [4.78, 5) is 21.6. The Balaban J connectivity index is 1.33. The number of ether oxygens (including phenoxy) is 2. The van der Waals surface area contributed by atoms with Gasteiger partial charge in [-0.3, -0.25) is 19.4 Å². The van der Waals surface area contributed by atoms with E-state index in [1.165, 1.54) is 0 Å². The Hall–Kier alpha value is -4.72. The molecule has 1 amide bonds. The normalized spacial score (nSPS) is 10.9. The molecular formula is C29H27N5O3. The molecule has 37 heavy (non-hydrogen) atoms. The maximum absolute atomic E-state index is 13.1. The van der Waals surface area contributed by atoms with Gasteiger partial charge in [0.15, 0.2) is 5.69 Å². The van der Waals surface area contributed by atoms with Gasteiger partial charge in [0.25, 0.3) is 5.91 Å². The first-order valence-corrected chi connectivity index (χ1v) is 11.9. The van der Waals surface area contributed by atoms with Crippen LogP contribution in [0.3, 0.4) is 0 Å². The molecule has 3 aromatic carbocycles. The maximum Gasteiger partial charge on any atom is 0.272 e.